The highest BCUT2D eigenvalue weighted by molar-refractivity contribution is 7.99. The Balaban J connectivity index is 1.64. The van der Waals surface area contributed by atoms with Crippen molar-refractivity contribution >= 4 is 11.8 Å². The second-order valence-electron chi connectivity index (χ2n) is 7.68. The quantitative estimate of drug-likeness (QED) is 0.798. The molecule has 2 aliphatic rings. The molecule has 1 aliphatic heterocycles. The fraction of sp³-hybridized carbons (Fsp3) is 1.00. The third-order valence-electron chi connectivity index (χ3n) is 5.16. The topological polar surface area (TPSA) is 15.3 Å². The zero-order valence-electron chi connectivity index (χ0n) is 13.8. The fourth-order valence-corrected chi connectivity index (χ4v) is 4.60. The first-order valence-electron chi connectivity index (χ1n) is 8.59. The lowest BCUT2D eigenvalue weighted by Gasteiger charge is -2.30. The molecule has 1 saturated carbocycles. The molecule has 1 saturated heterocycles. The molecule has 2 fully saturated rings. The average Bonchev–Trinajstić information content (AvgIpc) is 2.65. The standard InChI is InChI=1S/C17H34N2S/c1-17(2,3)15-5-4-6-16(8-7-15)18-9-10-19-11-13-20-14-12-19/h15-16,18H,4-14H2,1-3H3. The van der Waals surface area contributed by atoms with E-state index in [4.69, 9.17) is 0 Å². The maximum absolute atomic E-state index is 3.83. The first-order chi connectivity index (χ1) is 9.55. The molecule has 3 heteroatoms. The van der Waals surface area contributed by atoms with Crippen molar-refractivity contribution in [1.82, 2.24) is 10.2 Å². The van der Waals surface area contributed by atoms with Crippen LogP contribution in [0.4, 0.5) is 0 Å². The molecule has 2 atom stereocenters. The van der Waals surface area contributed by atoms with Gasteiger partial charge >= 0.3 is 0 Å². The van der Waals surface area contributed by atoms with Gasteiger partial charge in [-0.15, -0.1) is 0 Å². The van der Waals surface area contributed by atoms with Gasteiger partial charge in [0.2, 0.25) is 0 Å². The first-order valence-corrected chi connectivity index (χ1v) is 9.74. The van der Waals surface area contributed by atoms with E-state index in [-0.39, 0.29) is 0 Å². The van der Waals surface area contributed by atoms with Crippen molar-refractivity contribution in [2.75, 3.05) is 37.7 Å². The summed E-state index contributed by atoms with van der Waals surface area (Å²) in [5.74, 6) is 3.58. The van der Waals surface area contributed by atoms with Crippen molar-refractivity contribution in [3.8, 4) is 0 Å². The molecule has 2 unspecified atom stereocenters. The lowest BCUT2D eigenvalue weighted by atomic mass is 9.76. The van der Waals surface area contributed by atoms with Gasteiger partial charge < -0.3 is 10.2 Å². The Bertz CT molecular complexity index is 269. The molecule has 0 amide bonds. The number of hydrogen-bond acceptors (Lipinski definition) is 3. The highest BCUT2D eigenvalue weighted by atomic mass is 32.2. The fourth-order valence-electron chi connectivity index (χ4n) is 3.62. The van der Waals surface area contributed by atoms with E-state index < -0.39 is 0 Å². The summed E-state index contributed by atoms with van der Waals surface area (Å²) in [5, 5.41) is 3.83. The highest BCUT2D eigenvalue weighted by Crippen LogP contribution is 2.36. The molecule has 118 valence electrons. The van der Waals surface area contributed by atoms with Gasteiger partial charge in [-0.25, -0.2) is 0 Å². The Hall–Kier alpha value is 0.270. The Morgan fingerprint density at radius 1 is 1.05 bits per heavy atom. The van der Waals surface area contributed by atoms with Crippen LogP contribution < -0.4 is 5.32 Å². The molecule has 0 aromatic heterocycles. The van der Waals surface area contributed by atoms with E-state index in [1.807, 2.05) is 0 Å². The average molecular weight is 299 g/mol. The van der Waals surface area contributed by atoms with E-state index in [2.05, 4.69) is 42.7 Å². The summed E-state index contributed by atoms with van der Waals surface area (Å²) in [6.07, 6.45) is 7.05. The normalized spacial score (nSPS) is 30.1. The van der Waals surface area contributed by atoms with Gasteiger partial charge in [0, 0.05) is 43.7 Å². The van der Waals surface area contributed by atoms with E-state index in [0.717, 1.165) is 12.0 Å². The summed E-state index contributed by atoms with van der Waals surface area (Å²) in [4.78, 5) is 2.62. The predicted molar refractivity (Wildman–Crippen MR) is 91.6 cm³/mol. The van der Waals surface area contributed by atoms with Gasteiger partial charge in [0.1, 0.15) is 0 Å². The van der Waals surface area contributed by atoms with Crippen LogP contribution in [-0.4, -0.2) is 48.6 Å². The van der Waals surface area contributed by atoms with Crippen molar-refractivity contribution in [2.24, 2.45) is 11.3 Å². The van der Waals surface area contributed by atoms with Crippen LogP contribution in [0.3, 0.4) is 0 Å². The molecule has 0 aromatic carbocycles. The van der Waals surface area contributed by atoms with Crippen molar-refractivity contribution in [3.05, 3.63) is 0 Å². The molecule has 0 spiro atoms. The van der Waals surface area contributed by atoms with E-state index in [1.54, 1.807) is 0 Å². The summed E-state index contributed by atoms with van der Waals surface area (Å²) in [7, 11) is 0. The van der Waals surface area contributed by atoms with Gasteiger partial charge in [0.15, 0.2) is 0 Å². The number of rotatable bonds is 4. The van der Waals surface area contributed by atoms with Crippen molar-refractivity contribution in [3.63, 3.8) is 0 Å². The van der Waals surface area contributed by atoms with Gasteiger partial charge in [0.25, 0.3) is 0 Å². The van der Waals surface area contributed by atoms with E-state index >= 15 is 0 Å². The van der Waals surface area contributed by atoms with Gasteiger partial charge in [-0.05, 0) is 37.0 Å². The van der Waals surface area contributed by atoms with Crippen LogP contribution in [0.15, 0.2) is 0 Å². The largest absolute Gasteiger partial charge is 0.313 e. The molecular weight excluding hydrogens is 264 g/mol. The Morgan fingerprint density at radius 3 is 2.50 bits per heavy atom. The van der Waals surface area contributed by atoms with Crippen LogP contribution in [0.25, 0.3) is 0 Å². The molecule has 0 bridgehead atoms. The lowest BCUT2D eigenvalue weighted by molar-refractivity contribution is 0.213. The minimum atomic E-state index is 0.500. The van der Waals surface area contributed by atoms with E-state index in [9.17, 15) is 0 Å². The molecule has 2 nitrogen and oxygen atoms in total. The number of thioether (sulfide) groups is 1. The predicted octanol–water partition coefficient (Wildman–Crippen LogP) is 3.62. The maximum atomic E-state index is 3.83. The summed E-state index contributed by atoms with van der Waals surface area (Å²) < 4.78 is 0. The van der Waals surface area contributed by atoms with Crippen molar-refractivity contribution in [2.45, 2.75) is 58.9 Å². The zero-order valence-corrected chi connectivity index (χ0v) is 14.6. The van der Waals surface area contributed by atoms with E-state index in [0.29, 0.717) is 5.41 Å². The number of nitrogens with one attached hydrogen (secondary N) is 1. The highest BCUT2D eigenvalue weighted by Gasteiger charge is 2.27. The monoisotopic (exact) mass is 298 g/mol. The number of nitrogens with zero attached hydrogens (tertiary/aromatic N) is 1. The van der Waals surface area contributed by atoms with Crippen LogP contribution >= 0.6 is 11.8 Å². The van der Waals surface area contributed by atoms with Gasteiger partial charge in [-0.2, -0.15) is 11.8 Å². The molecule has 1 aliphatic carbocycles. The minimum absolute atomic E-state index is 0.500. The minimum Gasteiger partial charge on any atom is -0.313 e. The zero-order chi connectivity index (χ0) is 14.4. The SMILES string of the molecule is CC(C)(C)C1CCCC(NCCN2CCSCC2)CC1. The van der Waals surface area contributed by atoms with Crippen LogP contribution in [0.1, 0.15) is 52.9 Å². The molecule has 1 heterocycles. The summed E-state index contributed by atoms with van der Waals surface area (Å²) in [5.41, 5.74) is 0.500. The Kier molecular flexibility index (Phi) is 6.70. The molecule has 0 radical (unpaired) electrons. The van der Waals surface area contributed by atoms with Crippen LogP contribution in [0, 0.1) is 11.3 Å². The van der Waals surface area contributed by atoms with Crippen molar-refractivity contribution < 1.29 is 0 Å². The van der Waals surface area contributed by atoms with Crippen LogP contribution in [0.5, 0.6) is 0 Å². The third kappa shape index (κ3) is 5.57. The Labute approximate surface area is 130 Å². The third-order valence-corrected chi connectivity index (χ3v) is 6.10. The van der Waals surface area contributed by atoms with Crippen LogP contribution in [-0.2, 0) is 0 Å². The summed E-state index contributed by atoms with van der Waals surface area (Å²) in [6, 6.07) is 0.779. The molecule has 20 heavy (non-hydrogen) atoms. The number of hydrogen-bond donors (Lipinski definition) is 1. The lowest BCUT2D eigenvalue weighted by Crippen LogP contribution is -2.40. The van der Waals surface area contributed by atoms with Crippen molar-refractivity contribution in [1.29, 1.82) is 0 Å². The van der Waals surface area contributed by atoms with Gasteiger partial charge in [0.05, 0.1) is 0 Å². The molecule has 0 aromatic rings. The Morgan fingerprint density at radius 2 is 1.80 bits per heavy atom. The van der Waals surface area contributed by atoms with Gasteiger partial charge in [-0.3, -0.25) is 0 Å². The molecule has 2 rings (SSSR count). The summed E-state index contributed by atoms with van der Waals surface area (Å²) >= 11 is 2.10. The molecule has 1 N–H and O–H groups in total. The maximum Gasteiger partial charge on any atom is 0.0108 e. The first kappa shape index (κ1) is 16.6. The van der Waals surface area contributed by atoms with E-state index in [1.165, 1.54) is 69.8 Å². The summed E-state index contributed by atoms with van der Waals surface area (Å²) in [6.45, 7) is 12.3. The van der Waals surface area contributed by atoms with Gasteiger partial charge in [-0.1, -0.05) is 27.2 Å². The van der Waals surface area contributed by atoms with Crippen LogP contribution in [0.2, 0.25) is 0 Å². The smallest absolute Gasteiger partial charge is 0.0108 e. The second kappa shape index (κ2) is 8.05. The molecular formula is C17H34N2S. The second-order valence-corrected chi connectivity index (χ2v) is 8.90.